The van der Waals surface area contributed by atoms with Gasteiger partial charge >= 0.3 is 0 Å². The van der Waals surface area contributed by atoms with E-state index in [9.17, 15) is 8.42 Å². The van der Waals surface area contributed by atoms with Gasteiger partial charge in [0.2, 0.25) is 0 Å². The molecule has 0 fully saturated rings. The van der Waals surface area contributed by atoms with Gasteiger partial charge in [-0.05, 0) is 38.9 Å². The zero-order valence-corrected chi connectivity index (χ0v) is 12.6. The van der Waals surface area contributed by atoms with E-state index in [-0.39, 0.29) is 17.0 Å². The van der Waals surface area contributed by atoms with Gasteiger partial charge in [-0.15, -0.1) is 0 Å². The van der Waals surface area contributed by atoms with Crippen LogP contribution in [0.2, 0.25) is 5.02 Å². The molecule has 0 aromatic heterocycles. The lowest BCUT2D eigenvalue weighted by atomic mass is 10.2. The Hall–Kier alpha value is -0.580. The van der Waals surface area contributed by atoms with Gasteiger partial charge in [-0.2, -0.15) is 0 Å². The lowest BCUT2D eigenvalue weighted by Gasteiger charge is -2.17. The summed E-state index contributed by atoms with van der Waals surface area (Å²) >= 11 is 5.99. The van der Waals surface area contributed by atoms with Crippen LogP contribution < -0.4 is 5.32 Å². The molecule has 0 saturated heterocycles. The zero-order chi connectivity index (χ0) is 13.8. The maximum atomic E-state index is 12.2. The predicted octanol–water partition coefficient (Wildman–Crippen LogP) is 2.64. The second-order valence-corrected chi connectivity index (χ2v) is 7.46. The van der Waals surface area contributed by atoms with E-state index in [0.717, 1.165) is 0 Å². The van der Waals surface area contributed by atoms with Gasteiger partial charge in [0.05, 0.1) is 11.0 Å². The maximum absolute atomic E-state index is 12.2. The Bertz CT molecular complexity index is 488. The molecule has 0 bridgehead atoms. The normalized spacial score (nSPS) is 15.3. The zero-order valence-electron chi connectivity index (χ0n) is 11.0. The third kappa shape index (κ3) is 4.26. The number of rotatable bonds is 6. The number of hydrogen-bond acceptors (Lipinski definition) is 3. The summed E-state index contributed by atoms with van der Waals surface area (Å²) in [6, 6.07) is 7.25. The highest BCUT2D eigenvalue weighted by molar-refractivity contribution is 7.91. The maximum Gasteiger partial charge on any atom is 0.157 e. The number of nitrogens with one attached hydrogen (secondary N) is 1. The van der Waals surface area contributed by atoms with Crippen LogP contribution in [0.5, 0.6) is 0 Å². The van der Waals surface area contributed by atoms with Crippen LogP contribution in [0.4, 0.5) is 0 Å². The lowest BCUT2D eigenvalue weighted by Crippen LogP contribution is -2.30. The molecule has 1 aromatic carbocycles. The first-order valence-corrected chi connectivity index (χ1v) is 8.08. The average molecular weight is 290 g/mol. The van der Waals surface area contributed by atoms with Gasteiger partial charge in [0.25, 0.3) is 0 Å². The van der Waals surface area contributed by atoms with Crippen molar-refractivity contribution in [1.82, 2.24) is 5.32 Å². The monoisotopic (exact) mass is 289 g/mol. The highest BCUT2D eigenvalue weighted by atomic mass is 35.5. The molecule has 1 rings (SSSR count). The molecule has 5 heteroatoms. The van der Waals surface area contributed by atoms with Crippen molar-refractivity contribution in [1.29, 1.82) is 0 Å². The van der Waals surface area contributed by atoms with Gasteiger partial charge < -0.3 is 5.32 Å². The molecule has 18 heavy (non-hydrogen) atoms. The smallest absolute Gasteiger partial charge is 0.157 e. The van der Waals surface area contributed by atoms with E-state index in [2.05, 4.69) is 5.32 Å². The van der Waals surface area contributed by atoms with Gasteiger partial charge in [-0.1, -0.05) is 29.8 Å². The van der Waals surface area contributed by atoms with Gasteiger partial charge in [0.15, 0.2) is 9.84 Å². The minimum Gasteiger partial charge on any atom is -0.317 e. The summed E-state index contributed by atoms with van der Waals surface area (Å²) in [6.07, 6.45) is 0.600. The van der Waals surface area contributed by atoms with Crippen LogP contribution in [0, 0.1) is 0 Å². The molecule has 1 N–H and O–H groups in total. The summed E-state index contributed by atoms with van der Waals surface area (Å²) in [5.74, 6) is 0.00424. The van der Waals surface area contributed by atoms with Crippen molar-refractivity contribution in [2.24, 2.45) is 0 Å². The Labute approximate surface area is 114 Å². The number of hydrogen-bond donors (Lipinski definition) is 1. The van der Waals surface area contributed by atoms with Crippen molar-refractivity contribution in [2.45, 2.75) is 37.3 Å². The van der Waals surface area contributed by atoms with E-state index in [1.54, 1.807) is 31.2 Å². The third-order valence-electron chi connectivity index (χ3n) is 3.11. The van der Waals surface area contributed by atoms with E-state index in [1.807, 2.05) is 14.0 Å². The SMILES string of the molecule is CNC(C)CC(C)S(=O)(=O)Cc1ccccc1Cl. The fourth-order valence-electron chi connectivity index (χ4n) is 1.74. The molecule has 0 saturated carbocycles. The third-order valence-corrected chi connectivity index (χ3v) is 5.61. The standard InChI is InChI=1S/C13H20ClNO2S/c1-10(15-3)8-11(2)18(16,17)9-12-6-4-5-7-13(12)14/h4-7,10-11,15H,8-9H2,1-3H3. The first kappa shape index (κ1) is 15.5. The van der Waals surface area contributed by atoms with E-state index >= 15 is 0 Å². The predicted molar refractivity (Wildman–Crippen MR) is 76.7 cm³/mol. The summed E-state index contributed by atoms with van der Waals surface area (Å²) in [6.45, 7) is 3.72. The number of halogens is 1. The summed E-state index contributed by atoms with van der Waals surface area (Å²) < 4.78 is 24.4. The Morgan fingerprint density at radius 3 is 2.44 bits per heavy atom. The average Bonchev–Trinajstić information content (AvgIpc) is 2.31. The highest BCUT2D eigenvalue weighted by Gasteiger charge is 2.23. The van der Waals surface area contributed by atoms with Crippen molar-refractivity contribution in [3.8, 4) is 0 Å². The molecule has 1 aromatic rings. The van der Waals surface area contributed by atoms with Crippen LogP contribution in [-0.2, 0) is 15.6 Å². The Balaban J connectivity index is 2.79. The summed E-state index contributed by atoms with van der Waals surface area (Å²) in [5, 5.41) is 3.18. The quantitative estimate of drug-likeness (QED) is 0.876. The summed E-state index contributed by atoms with van der Waals surface area (Å²) in [4.78, 5) is 0. The molecule has 0 spiro atoms. The van der Waals surface area contributed by atoms with Crippen molar-refractivity contribution >= 4 is 21.4 Å². The van der Waals surface area contributed by atoms with E-state index in [4.69, 9.17) is 11.6 Å². The second-order valence-electron chi connectivity index (χ2n) is 4.63. The minimum absolute atomic E-state index is 0.00424. The van der Waals surface area contributed by atoms with Gasteiger partial charge in [-0.3, -0.25) is 0 Å². The minimum atomic E-state index is -3.17. The van der Waals surface area contributed by atoms with Crippen LogP contribution in [0.15, 0.2) is 24.3 Å². The molecule has 3 nitrogen and oxygen atoms in total. The van der Waals surface area contributed by atoms with Gasteiger partial charge in [0.1, 0.15) is 0 Å². The number of benzene rings is 1. The molecular weight excluding hydrogens is 270 g/mol. The molecule has 0 aliphatic rings. The van der Waals surface area contributed by atoms with Crippen LogP contribution in [-0.4, -0.2) is 26.8 Å². The molecule has 0 aliphatic heterocycles. The number of sulfone groups is 1. The molecule has 2 atom stereocenters. The van der Waals surface area contributed by atoms with Crippen LogP contribution in [0.1, 0.15) is 25.8 Å². The first-order chi connectivity index (χ1) is 8.36. The molecule has 0 radical (unpaired) electrons. The lowest BCUT2D eigenvalue weighted by molar-refractivity contribution is 0.530. The van der Waals surface area contributed by atoms with Gasteiger partial charge in [-0.25, -0.2) is 8.42 Å². The molecule has 2 unspecified atom stereocenters. The van der Waals surface area contributed by atoms with Crippen molar-refractivity contribution in [3.63, 3.8) is 0 Å². The Morgan fingerprint density at radius 2 is 1.89 bits per heavy atom. The van der Waals surface area contributed by atoms with Crippen LogP contribution >= 0.6 is 11.6 Å². The molecule has 0 aliphatic carbocycles. The van der Waals surface area contributed by atoms with E-state index in [0.29, 0.717) is 17.0 Å². The fourth-order valence-corrected chi connectivity index (χ4v) is 3.57. The first-order valence-electron chi connectivity index (χ1n) is 5.99. The largest absolute Gasteiger partial charge is 0.317 e. The molecule has 102 valence electrons. The van der Waals surface area contributed by atoms with Crippen LogP contribution in [0.25, 0.3) is 0 Å². The van der Waals surface area contributed by atoms with Crippen molar-refractivity contribution < 1.29 is 8.42 Å². The van der Waals surface area contributed by atoms with Gasteiger partial charge in [0, 0.05) is 11.1 Å². The molecular formula is C13H20ClNO2S. The fraction of sp³-hybridized carbons (Fsp3) is 0.538. The van der Waals surface area contributed by atoms with E-state index < -0.39 is 9.84 Å². The van der Waals surface area contributed by atoms with E-state index in [1.165, 1.54) is 0 Å². The Morgan fingerprint density at radius 1 is 1.28 bits per heavy atom. The Kier molecular flexibility index (Phi) is 5.63. The second kappa shape index (κ2) is 6.55. The van der Waals surface area contributed by atoms with Crippen molar-refractivity contribution in [2.75, 3.05) is 7.05 Å². The van der Waals surface area contributed by atoms with Crippen LogP contribution in [0.3, 0.4) is 0 Å². The highest BCUT2D eigenvalue weighted by Crippen LogP contribution is 2.21. The van der Waals surface area contributed by atoms with Crippen molar-refractivity contribution in [3.05, 3.63) is 34.9 Å². The molecule has 0 amide bonds. The topological polar surface area (TPSA) is 46.2 Å². The summed E-state index contributed by atoms with van der Waals surface area (Å²) in [5.41, 5.74) is 0.670. The molecule has 0 heterocycles. The summed E-state index contributed by atoms with van der Waals surface area (Å²) in [7, 11) is -1.33.